The lowest BCUT2D eigenvalue weighted by Gasteiger charge is -2.21. The van der Waals surface area contributed by atoms with Gasteiger partial charge in [-0.15, -0.1) is 5.10 Å². The Morgan fingerprint density at radius 2 is 1.92 bits per heavy atom. The van der Waals surface area contributed by atoms with Crippen LogP contribution in [0.25, 0.3) is 5.69 Å². The van der Waals surface area contributed by atoms with Crippen molar-refractivity contribution in [3.05, 3.63) is 40.1 Å². The fourth-order valence-electron chi connectivity index (χ4n) is 2.10. The number of carbonyl (C=O) groups excluding carboxylic acids is 1. The number of hydrogen-bond acceptors (Lipinski definition) is 7. The van der Waals surface area contributed by atoms with Crippen LogP contribution in [0, 0.1) is 0 Å². The van der Waals surface area contributed by atoms with Crippen molar-refractivity contribution in [1.82, 2.24) is 15.0 Å². The van der Waals surface area contributed by atoms with Gasteiger partial charge in [0.15, 0.2) is 5.69 Å². The van der Waals surface area contributed by atoms with E-state index in [0.29, 0.717) is 5.69 Å². The molecule has 3 N–H and O–H groups in total. The summed E-state index contributed by atoms with van der Waals surface area (Å²) in [5.41, 5.74) is 0.254. The molecule has 8 nitrogen and oxygen atoms in total. The number of aliphatic hydroxyl groups is 3. The second kappa shape index (κ2) is 7.84. The molecule has 0 spiro atoms. The number of halogens is 1. The van der Waals surface area contributed by atoms with E-state index in [-0.39, 0.29) is 18.0 Å². The highest BCUT2D eigenvalue weighted by Crippen LogP contribution is 2.25. The van der Waals surface area contributed by atoms with E-state index in [1.54, 1.807) is 31.2 Å². The molecule has 0 saturated heterocycles. The molecule has 0 unspecified atom stereocenters. The highest BCUT2D eigenvalue weighted by Gasteiger charge is 2.33. The average Bonchev–Trinajstić information content (AvgIpc) is 2.99. The highest BCUT2D eigenvalue weighted by atomic mass is 79.9. The molecular weight excluding hydrogens is 382 g/mol. The van der Waals surface area contributed by atoms with Gasteiger partial charge in [-0.25, -0.2) is 9.48 Å². The molecule has 3 atom stereocenters. The number of aromatic nitrogens is 3. The smallest absolute Gasteiger partial charge is 0.360 e. The Balaban J connectivity index is 2.55. The molecule has 9 heteroatoms. The summed E-state index contributed by atoms with van der Waals surface area (Å²) in [7, 11) is 0. The van der Waals surface area contributed by atoms with Gasteiger partial charge in [0, 0.05) is 4.47 Å². The average molecular weight is 400 g/mol. The number of nitrogens with zero attached hydrogens (tertiary/aromatic N) is 3. The summed E-state index contributed by atoms with van der Waals surface area (Å²) in [5, 5.41) is 37.6. The highest BCUT2D eigenvalue weighted by molar-refractivity contribution is 9.10. The number of aliphatic hydroxyl groups excluding tert-OH is 3. The molecule has 1 aromatic carbocycles. The summed E-state index contributed by atoms with van der Waals surface area (Å²) in [5.74, 6) is -0.771. The maximum absolute atomic E-state index is 12.1. The van der Waals surface area contributed by atoms with Crippen LogP contribution in [0.15, 0.2) is 28.7 Å². The predicted molar refractivity (Wildman–Crippen MR) is 87.7 cm³/mol. The second-order valence-electron chi connectivity index (χ2n) is 5.11. The molecule has 130 valence electrons. The van der Waals surface area contributed by atoms with Crippen LogP contribution in [0.2, 0.25) is 0 Å². The van der Waals surface area contributed by atoms with E-state index in [0.717, 1.165) is 4.47 Å². The van der Waals surface area contributed by atoms with Crippen LogP contribution in [-0.2, 0) is 4.74 Å². The van der Waals surface area contributed by atoms with Crippen molar-refractivity contribution in [2.45, 2.75) is 32.2 Å². The molecule has 1 heterocycles. The molecule has 0 radical (unpaired) electrons. The van der Waals surface area contributed by atoms with Crippen molar-refractivity contribution >= 4 is 21.9 Å². The molecule has 2 aromatic rings. The van der Waals surface area contributed by atoms with Crippen LogP contribution in [-0.4, -0.2) is 55.1 Å². The normalized spacial score (nSPS) is 14.9. The van der Waals surface area contributed by atoms with Gasteiger partial charge in [0.25, 0.3) is 0 Å². The largest absolute Gasteiger partial charge is 0.461 e. The molecule has 2 rings (SSSR count). The van der Waals surface area contributed by atoms with Crippen molar-refractivity contribution in [3.63, 3.8) is 0 Å². The Morgan fingerprint density at radius 1 is 1.29 bits per heavy atom. The first-order valence-corrected chi connectivity index (χ1v) is 8.09. The standard InChI is InChI=1S/C15H18BrN3O5/c1-3-24-15(23)11-12(14(22)13(21)8(2)20)19(18-17-11)10-6-4-9(16)5-7-10/h4-8,13-14,20-22H,3H2,1-2H3/t8-,13-,14-/m0/s1. The van der Waals surface area contributed by atoms with Crippen LogP contribution in [0.4, 0.5) is 0 Å². The lowest BCUT2D eigenvalue weighted by molar-refractivity contribution is -0.0560. The fraction of sp³-hybridized carbons (Fsp3) is 0.400. The Labute approximate surface area is 146 Å². The fourth-order valence-corrected chi connectivity index (χ4v) is 2.36. The summed E-state index contributed by atoms with van der Waals surface area (Å²) in [6, 6.07) is 6.89. The Hall–Kier alpha value is -1.81. The van der Waals surface area contributed by atoms with Gasteiger partial charge in [0.1, 0.15) is 17.9 Å². The van der Waals surface area contributed by atoms with E-state index < -0.39 is 24.3 Å². The molecule has 0 aliphatic heterocycles. The monoisotopic (exact) mass is 399 g/mol. The topological polar surface area (TPSA) is 118 Å². The number of rotatable bonds is 6. The predicted octanol–water partition coefficient (Wildman–Crippen LogP) is 0.982. The van der Waals surface area contributed by atoms with Crippen molar-refractivity contribution in [2.75, 3.05) is 6.61 Å². The summed E-state index contributed by atoms with van der Waals surface area (Å²) in [4.78, 5) is 12.1. The first kappa shape index (κ1) is 18.5. The number of hydrogen-bond donors (Lipinski definition) is 3. The molecule has 1 aromatic heterocycles. The quantitative estimate of drug-likeness (QED) is 0.619. The van der Waals surface area contributed by atoms with E-state index in [4.69, 9.17) is 4.74 Å². The second-order valence-corrected chi connectivity index (χ2v) is 6.02. The Kier molecular flexibility index (Phi) is 6.05. The molecule has 24 heavy (non-hydrogen) atoms. The third-order valence-electron chi connectivity index (χ3n) is 3.34. The number of esters is 1. The summed E-state index contributed by atoms with van der Waals surface area (Å²) in [6.45, 7) is 3.09. The van der Waals surface area contributed by atoms with Crippen molar-refractivity contribution in [2.24, 2.45) is 0 Å². The molecule has 0 aliphatic rings. The van der Waals surface area contributed by atoms with Gasteiger partial charge >= 0.3 is 5.97 Å². The van der Waals surface area contributed by atoms with Gasteiger partial charge in [-0.2, -0.15) is 0 Å². The molecule has 0 saturated carbocycles. The van der Waals surface area contributed by atoms with E-state index in [1.165, 1.54) is 11.6 Å². The molecule has 0 aliphatic carbocycles. The van der Waals surface area contributed by atoms with Crippen LogP contribution < -0.4 is 0 Å². The van der Waals surface area contributed by atoms with Crippen LogP contribution in [0.3, 0.4) is 0 Å². The maximum Gasteiger partial charge on any atom is 0.360 e. The summed E-state index contributed by atoms with van der Waals surface area (Å²) in [6.07, 6.45) is -4.32. The van der Waals surface area contributed by atoms with Gasteiger partial charge < -0.3 is 20.1 Å². The number of benzene rings is 1. The Bertz CT molecular complexity index is 702. The van der Waals surface area contributed by atoms with Crippen LogP contribution in [0.1, 0.15) is 36.1 Å². The summed E-state index contributed by atoms with van der Waals surface area (Å²) < 4.78 is 6.98. The summed E-state index contributed by atoms with van der Waals surface area (Å²) >= 11 is 3.31. The third-order valence-corrected chi connectivity index (χ3v) is 3.87. The third kappa shape index (κ3) is 3.81. The van der Waals surface area contributed by atoms with Gasteiger partial charge in [0.05, 0.1) is 18.4 Å². The molecule has 0 fully saturated rings. The molecule has 0 amide bonds. The maximum atomic E-state index is 12.1. The Morgan fingerprint density at radius 3 is 2.46 bits per heavy atom. The van der Waals surface area contributed by atoms with Crippen LogP contribution >= 0.6 is 15.9 Å². The molecule has 0 bridgehead atoms. The minimum atomic E-state index is -1.58. The van der Waals surface area contributed by atoms with Crippen molar-refractivity contribution in [3.8, 4) is 5.69 Å². The first-order valence-electron chi connectivity index (χ1n) is 7.29. The SMILES string of the molecule is CCOC(=O)c1nnn(-c2ccc(Br)cc2)c1[C@H](O)[C@@H](O)[C@H](C)O. The number of carbonyl (C=O) groups is 1. The number of ether oxygens (including phenoxy) is 1. The van der Waals surface area contributed by atoms with E-state index >= 15 is 0 Å². The lowest BCUT2D eigenvalue weighted by Crippen LogP contribution is -2.32. The minimum absolute atomic E-state index is 0.0517. The first-order chi connectivity index (χ1) is 11.4. The van der Waals surface area contributed by atoms with Crippen LogP contribution in [0.5, 0.6) is 0 Å². The zero-order valence-electron chi connectivity index (χ0n) is 13.1. The lowest BCUT2D eigenvalue weighted by atomic mass is 10.0. The molecular formula is C15H18BrN3O5. The van der Waals surface area contributed by atoms with E-state index in [1.807, 2.05) is 0 Å². The van der Waals surface area contributed by atoms with E-state index in [9.17, 15) is 20.1 Å². The zero-order valence-corrected chi connectivity index (χ0v) is 14.7. The zero-order chi connectivity index (χ0) is 17.9. The van der Waals surface area contributed by atoms with E-state index in [2.05, 4.69) is 26.2 Å². The van der Waals surface area contributed by atoms with Gasteiger partial charge in [-0.05, 0) is 38.1 Å². The van der Waals surface area contributed by atoms with Gasteiger partial charge in [-0.3, -0.25) is 0 Å². The van der Waals surface area contributed by atoms with Gasteiger partial charge in [-0.1, -0.05) is 21.1 Å². The van der Waals surface area contributed by atoms with Crippen molar-refractivity contribution < 1.29 is 24.9 Å². The van der Waals surface area contributed by atoms with Gasteiger partial charge in [0.2, 0.25) is 0 Å². The minimum Gasteiger partial charge on any atom is -0.461 e. The van der Waals surface area contributed by atoms with Crippen molar-refractivity contribution in [1.29, 1.82) is 0 Å².